The Balaban J connectivity index is 2.34. The third-order valence-electron chi connectivity index (χ3n) is 3.43. The number of carbonyl (C=O) groups excluding carboxylic acids is 1. The van der Waals surface area contributed by atoms with Crippen LogP contribution in [-0.4, -0.2) is 23.6 Å². The maximum atomic E-state index is 12.8. The fraction of sp³-hybridized carbons (Fsp3) is 0.294. The van der Waals surface area contributed by atoms with Crippen LogP contribution in [0, 0.1) is 0 Å². The number of aromatic nitrogens is 1. The van der Waals surface area contributed by atoms with Crippen molar-refractivity contribution in [2.75, 3.05) is 12.0 Å². The second-order valence-corrected chi connectivity index (χ2v) is 5.30. The number of methoxy groups -OCH3 is 1. The van der Waals surface area contributed by atoms with Gasteiger partial charge in [0.25, 0.3) is 5.91 Å². The number of benzene rings is 1. The number of anilines is 1. The summed E-state index contributed by atoms with van der Waals surface area (Å²) < 4.78 is 5.33. The van der Waals surface area contributed by atoms with E-state index in [9.17, 15) is 4.79 Å². The summed E-state index contributed by atoms with van der Waals surface area (Å²) >= 11 is 0. The SMILES string of the molecule is COC(C)(C)C(=O)N(Cc1ccccc1)c1ccncc1. The Labute approximate surface area is 125 Å². The first kappa shape index (κ1) is 15.2. The highest BCUT2D eigenvalue weighted by molar-refractivity contribution is 5.98. The number of carbonyl (C=O) groups is 1. The number of pyridine rings is 1. The van der Waals surface area contributed by atoms with Gasteiger partial charge in [0.05, 0.1) is 6.54 Å². The molecule has 1 aromatic carbocycles. The fourth-order valence-corrected chi connectivity index (χ4v) is 1.98. The highest BCUT2D eigenvalue weighted by Gasteiger charge is 2.32. The molecule has 0 fully saturated rings. The Morgan fingerprint density at radius 1 is 1.14 bits per heavy atom. The van der Waals surface area contributed by atoms with E-state index in [1.807, 2.05) is 42.5 Å². The van der Waals surface area contributed by atoms with Crippen molar-refractivity contribution < 1.29 is 9.53 Å². The summed E-state index contributed by atoms with van der Waals surface area (Å²) in [6.07, 6.45) is 3.36. The monoisotopic (exact) mass is 284 g/mol. The van der Waals surface area contributed by atoms with Crippen LogP contribution in [0.15, 0.2) is 54.9 Å². The first-order valence-electron chi connectivity index (χ1n) is 6.85. The van der Waals surface area contributed by atoms with Crippen LogP contribution in [0.1, 0.15) is 19.4 Å². The molecule has 1 heterocycles. The van der Waals surface area contributed by atoms with E-state index in [2.05, 4.69) is 4.98 Å². The van der Waals surface area contributed by atoms with E-state index in [1.54, 1.807) is 38.3 Å². The molecule has 4 heteroatoms. The quantitative estimate of drug-likeness (QED) is 0.847. The van der Waals surface area contributed by atoms with Gasteiger partial charge in [0.15, 0.2) is 0 Å². The van der Waals surface area contributed by atoms with Crippen molar-refractivity contribution in [2.24, 2.45) is 0 Å². The standard InChI is InChI=1S/C17H20N2O2/c1-17(2,21-3)16(20)19(15-9-11-18-12-10-15)13-14-7-5-4-6-8-14/h4-12H,13H2,1-3H3. The van der Waals surface area contributed by atoms with Crippen LogP contribution in [0.3, 0.4) is 0 Å². The molecule has 1 amide bonds. The third kappa shape index (κ3) is 3.67. The molecular formula is C17H20N2O2. The maximum Gasteiger partial charge on any atom is 0.258 e. The number of nitrogens with zero attached hydrogens (tertiary/aromatic N) is 2. The number of hydrogen-bond acceptors (Lipinski definition) is 3. The zero-order chi connectivity index (χ0) is 15.3. The zero-order valence-electron chi connectivity index (χ0n) is 12.6. The molecule has 0 saturated heterocycles. The highest BCUT2D eigenvalue weighted by Crippen LogP contribution is 2.22. The number of rotatable bonds is 5. The lowest BCUT2D eigenvalue weighted by atomic mass is 10.1. The minimum Gasteiger partial charge on any atom is -0.369 e. The van der Waals surface area contributed by atoms with E-state index in [4.69, 9.17) is 4.74 Å². The Morgan fingerprint density at radius 2 is 1.76 bits per heavy atom. The van der Waals surface area contributed by atoms with Crippen LogP contribution in [-0.2, 0) is 16.1 Å². The molecule has 0 aliphatic heterocycles. The van der Waals surface area contributed by atoms with Gasteiger partial charge in [-0.1, -0.05) is 30.3 Å². The van der Waals surface area contributed by atoms with Crippen LogP contribution in [0.25, 0.3) is 0 Å². The van der Waals surface area contributed by atoms with E-state index in [1.165, 1.54) is 0 Å². The van der Waals surface area contributed by atoms with Crippen molar-refractivity contribution in [3.05, 3.63) is 60.4 Å². The van der Waals surface area contributed by atoms with Crippen LogP contribution in [0.4, 0.5) is 5.69 Å². The molecule has 0 spiro atoms. The predicted octanol–water partition coefficient (Wildman–Crippen LogP) is 3.04. The van der Waals surface area contributed by atoms with E-state index >= 15 is 0 Å². The molecule has 2 rings (SSSR count). The molecule has 0 saturated carbocycles. The van der Waals surface area contributed by atoms with Gasteiger partial charge in [-0.15, -0.1) is 0 Å². The Hall–Kier alpha value is -2.20. The normalized spacial score (nSPS) is 11.2. The molecule has 0 radical (unpaired) electrons. The Kier molecular flexibility index (Phi) is 4.70. The molecule has 0 unspecified atom stereocenters. The average molecular weight is 284 g/mol. The Morgan fingerprint density at radius 3 is 2.33 bits per heavy atom. The number of ether oxygens (including phenoxy) is 1. The summed E-state index contributed by atoms with van der Waals surface area (Å²) in [5.74, 6) is -0.0833. The van der Waals surface area contributed by atoms with Gasteiger partial charge in [0, 0.05) is 25.2 Å². The van der Waals surface area contributed by atoms with Crippen LogP contribution in [0.2, 0.25) is 0 Å². The van der Waals surface area contributed by atoms with Gasteiger partial charge < -0.3 is 9.64 Å². The molecule has 0 bridgehead atoms. The molecule has 0 aliphatic rings. The lowest BCUT2D eigenvalue weighted by molar-refractivity contribution is -0.136. The molecule has 110 valence electrons. The van der Waals surface area contributed by atoms with Gasteiger partial charge in [0.1, 0.15) is 5.60 Å². The molecule has 21 heavy (non-hydrogen) atoms. The van der Waals surface area contributed by atoms with Crippen molar-refractivity contribution in [2.45, 2.75) is 26.0 Å². The summed E-state index contributed by atoms with van der Waals surface area (Å²) in [6, 6.07) is 13.5. The van der Waals surface area contributed by atoms with Gasteiger partial charge >= 0.3 is 0 Å². The second-order valence-electron chi connectivity index (χ2n) is 5.30. The Bertz CT molecular complexity index is 582. The predicted molar refractivity (Wildman–Crippen MR) is 83.0 cm³/mol. The number of amides is 1. The van der Waals surface area contributed by atoms with Gasteiger partial charge in [-0.05, 0) is 31.5 Å². The summed E-state index contributed by atoms with van der Waals surface area (Å²) in [4.78, 5) is 18.5. The smallest absolute Gasteiger partial charge is 0.258 e. The molecule has 1 aromatic heterocycles. The minimum absolute atomic E-state index is 0.0833. The van der Waals surface area contributed by atoms with Gasteiger partial charge in [-0.25, -0.2) is 0 Å². The average Bonchev–Trinajstić information content (AvgIpc) is 2.53. The van der Waals surface area contributed by atoms with Crippen molar-refractivity contribution in [3.8, 4) is 0 Å². The van der Waals surface area contributed by atoms with Crippen molar-refractivity contribution in [1.29, 1.82) is 0 Å². The highest BCUT2D eigenvalue weighted by atomic mass is 16.5. The molecule has 0 N–H and O–H groups in total. The van der Waals surface area contributed by atoms with Gasteiger partial charge in [-0.3, -0.25) is 9.78 Å². The zero-order valence-corrected chi connectivity index (χ0v) is 12.6. The van der Waals surface area contributed by atoms with Crippen LogP contribution >= 0.6 is 0 Å². The summed E-state index contributed by atoms with van der Waals surface area (Å²) in [6.45, 7) is 4.04. The second kappa shape index (κ2) is 6.50. The minimum atomic E-state index is -0.877. The van der Waals surface area contributed by atoms with E-state index in [0.717, 1.165) is 11.3 Å². The molecule has 0 aliphatic carbocycles. The first-order valence-corrected chi connectivity index (χ1v) is 6.85. The van der Waals surface area contributed by atoms with Gasteiger partial charge in [0.2, 0.25) is 0 Å². The van der Waals surface area contributed by atoms with Gasteiger partial charge in [-0.2, -0.15) is 0 Å². The van der Waals surface area contributed by atoms with Crippen LogP contribution in [0.5, 0.6) is 0 Å². The summed E-state index contributed by atoms with van der Waals surface area (Å²) in [7, 11) is 1.55. The van der Waals surface area contributed by atoms with Crippen LogP contribution < -0.4 is 4.90 Å². The lowest BCUT2D eigenvalue weighted by Gasteiger charge is -2.31. The van der Waals surface area contributed by atoms with Crippen molar-refractivity contribution in [3.63, 3.8) is 0 Å². The topological polar surface area (TPSA) is 42.4 Å². The molecular weight excluding hydrogens is 264 g/mol. The molecule has 4 nitrogen and oxygen atoms in total. The first-order chi connectivity index (χ1) is 10.0. The van der Waals surface area contributed by atoms with Crippen molar-refractivity contribution in [1.82, 2.24) is 4.98 Å². The van der Waals surface area contributed by atoms with Crippen molar-refractivity contribution >= 4 is 11.6 Å². The van der Waals surface area contributed by atoms with E-state index in [-0.39, 0.29) is 5.91 Å². The molecule has 0 atom stereocenters. The summed E-state index contributed by atoms with van der Waals surface area (Å²) in [5, 5.41) is 0. The largest absolute Gasteiger partial charge is 0.369 e. The maximum absolute atomic E-state index is 12.8. The number of hydrogen-bond donors (Lipinski definition) is 0. The summed E-state index contributed by atoms with van der Waals surface area (Å²) in [5.41, 5.74) is 0.997. The molecule has 2 aromatic rings. The lowest BCUT2D eigenvalue weighted by Crippen LogP contribution is -2.46. The third-order valence-corrected chi connectivity index (χ3v) is 3.43. The van der Waals surface area contributed by atoms with E-state index < -0.39 is 5.60 Å². The van der Waals surface area contributed by atoms with E-state index in [0.29, 0.717) is 6.54 Å². The fourth-order valence-electron chi connectivity index (χ4n) is 1.98.